The van der Waals surface area contributed by atoms with Gasteiger partial charge in [0.05, 0.1) is 0 Å². The molecule has 0 aromatic heterocycles. The Labute approximate surface area is 102 Å². The van der Waals surface area contributed by atoms with Gasteiger partial charge in [-0.3, -0.25) is 4.89 Å². The summed E-state index contributed by atoms with van der Waals surface area (Å²) in [6.45, 7) is 9.30. The summed E-state index contributed by atoms with van der Waals surface area (Å²) in [5.41, 5.74) is -0.546. The number of hydrogen-bond donors (Lipinski definition) is 0. The number of hydrogen-bond acceptors (Lipinski definition) is 4. The molecule has 0 unspecified atom stereocenters. The van der Waals surface area contributed by atoms with Crippen molar-refractivity contribution in [1.82, 2.24) is 0 Å². The molecule has 0 aliphatic carbocycles. The standard InChI is InChI=1S/C11H14O4.C2H6/c1-11(2,3)15-14-10(12)13-9-7-5-4-6-8-9;1-2/h4-8H,1-3H3;1-2H3. The molecule has 0 aliphatic rings. The molecule has 0 spiro atoms. The summed E-state index contributed by atoms with van der Waals surface area (Å²) < 4.78 is 4.82. The summed E-state index contributed by atoms with van der Waals surface area (Å²) in [5, 5.41) is 0. The first-order chi connectivity index (χ1) is 7.97. The molecule has 4 nitrogen and oxygen atoms in total. The maximum Gasteiger partial charge on any atom is 0.546 e. The molecule has 0 saturated carbocycles. The smallest absolute Gasteiger partial charge is 0.393 e. The molecule has 1 aromatic rings. The van der Waals surface area contributed by atoms with Crippen LogP contribution < -0.4 is 4.74 Å². The van der Waals surface area contributed by atoms with Gasteiger partial charge in [-0.2, -0.15) is 4.89 Å². The van der Waals surface area contributed by atoms with E-state index in [9.17, 15) is 4.79 Å². The van der Waals surface area contributed by atoms with E-state index in [-0.39, 0.29) is 0 Å². The van der Waals surface area contributed by atoms with Gasteiger partial charge < -0.3 is 4.74 Å². The van der Waals surface area contributed by atoms with E-state index in [1.807, 2.05) is 19.9 Å². The number of carbonyl (C=O) groups excluding carboxylic acids is 1. The van der Waals surface area contributed by atoms with Gasteiger partial charge in [0.15, 0.2) is 0 Å². The Bertz CT molecular complexity index is 314. The first kappa shape index (κ1) is 15.4. The Kier molecular flexibility index (Phi) is 6.98. The van der Waals surface area contributed by atoms with Crippen LogP contribution in [0.25, 0.3) is 0 Å². The third-order valence-corrected chi connectivity index (χ3v) is 1.30. The summed E-state index contributed by atoms with van der Waals surface area (Å²) in [7, 11) is 0. The van der Waals surface area contributed by atoms with Crippen molar-refractivity contribution in [3.63, 3.8) is 0 Å². The topological polar surface area (TPSA) is 44.8 Å². The van der Waals surface area contributed by atoms with Crippen LogP contribution in [0, 0.1) is 0 Å². The fourth-order valence-electron chi connectivity index (χ4n) is 0.761. The van der Waals surface area contributed by atoms with Crippen LogP contribution >= 0.6 is 0 Å². The summed E-state index contributed by atoms with van der Waals surface area (Å²) in [4.78, 5) is 20.3. The molecular weight excluding hydrogens is 220 g/mol. The molecule has 0 bridgehead atoms. The van der Waals surface area contributed by atoms with Gasteiger partial charge in [0.25, 0.3) is 0 Å². The lowest BCUT2D eigenvalue weighted by atomic mass is 10.2. The van der Waals surface area contributed by atoms with Crippen molar-refractivity contribution in [2.45, 2.75) is 40.2 Å². The Morgan fingerprint density at radius 2 is 1.59 bits per heavy atom. The van der Waals surface area contributed by atoms with Gasteiger partial charge in [0, 0.05) is 0 Å². The van der Waals surface area contributed by atoms with Crippen molar-refractivity contribution < 1.29 is 19.3 Å². The highest BCUT2D eigenvalue weighted by molar-refractivity contribution is 5.62. The van der Waals surface area contributed by atoms with Crippen LogP contribution in [0.15, 0.2) is 30.3 Å². The lowest BCUT2D eigenvalue weighted by Gasteiger charge is -2.15. The third kappa shape index (κ3) is 8.28. The van der Waals surface area contributed by atoms with Crippen molar-refractivity contribution >= 4 is 6.16 Å². The zero-order chi connectivity index (χ0) is 13.3. The number of benzene rings is 1. The molecule has 0 radical (unpaired) electrons. The molecule has 17 heavy (non-hydrogen) atoms. The summed E-state index contributed by atoms with van der Waals surface area (Å²) in [6.07, 6.45) is -0.879. The van der Waals surface area contributed by atoms with Gasteiger partial charge in [-0.15, -0.1) is 0 Å². The molecule has 1 aromatic carbocycles. The number of carbonyl (C=O) groups is 1. The predicted molar refractivity (Wildman–Crippen MR) is 65.7 cm³/mol. The molecule has 0 amide bonds. The van der Waals surface area contributed by atoms with Crippen LogP contribution in [-0.2, 0) is 9.78 Å². The average molecular weight is 240 g/mol. The minimum Gasteiger partial charge on any atom is -0.393 e. The molecule has 0 N–H and O–H groups in total. The molecule has 96 valence electrons. The van der Waals surface area contributed by atoms with Crippen LogP contribution in [0.2, 0.25) is 0 Å². The van der Waals surface area contributed by atoms with E-state index in [4.69, 9.17) is 9.62 Å². The van der Waals surface area contributed by atoms with Crippen molar-refractivity contribution in [2.24, 2.45) is 0 Å². The second-order valence-corrected chi connectivity index (χ2v) is 3.94. The molecule has 0 heterocycles. The van der Waals surface area contributed by atoms with E-state index in [1.165, 1.54) is 0 Å². The fraction of sp³-hybridized carbons (Fsp3) is 0.462. The van der Waals surface area contributed by atoms with Crippen LogP contribution in [0.4, 0.5) is 4.79 Å². The number of rotatable bonds is 2. The van der Waals surface area contributed by atoms with Gasteiger partial charge in [-0.1, -0.05) is 32.0 Å². The molecule has 0 atom stereocenters. The average Bonchev–Trinajstić information content (AvgIpc) is 2.30. The third-order valence-electron chi connectivity index (χ3n) is 1.30. The van der Waals surface area contributed by atoms with Crippen molar-refractivity contribution in [2.75, 3.05) is 0 Å². The van der Waals surface area contributed by atoms with E-state index in [0.29, 0.717) is 5.75 Å². The second-order valence-electron chi connectivity index (χ2n) is 3.94. The lowest BCUT2D eigenvalue weighted by molar-refractivity contribution is -0.307. The van der Waals surface area contributed by atoms with Crippen LogP contribution in [0.1, 0.15) is 34.6 Å². The molecule has 1 rings (SSSR count). The van der Waals surface area contributed by atoms with E-state index >= 15 is 0 Å². The molecular formula is C13H20O4. The van der Waals surface area contributed by atoms with Gasteiger partial charge in [-0.05, 0) is 32.9 Å². The largest absolute Gasteiger partial charge is 0.546 e. The van der Waals surface area contributed by atoms with Crippen molar-refractivity contribution in [3.8, 4) is 5.75 Å². The number of para-hydroxylation sites is 1. The highest BCUT2D eigenvalue weighted by atomic mass is 17.2. The number of ether oxygens (including phenoxy) is 1. The summed E-state index contributed by atoms with van der Waals surface area (Å²) in [5.74, 6) is 0.417. The van der Waals surface area contributed by atoms with E-state index < -0.39 is 11.8 Å². The lowest BCUT2D eigenvalue weighted by Crippen LogP contribution is -2.23. The van der Waals surface area contributed by atoms with Gasteiger partial charge in [0.1, 0.15) is 11.4 Å². The quantitative estimate of drug-likeness (QED) is 0.340. The Balaban J connectivity index is 0.00000121. The fourth-order valence-corrected chi connectivity index (χ4v) is 0.761. The first-order valence-corrected chi connectivity index (χ1v) is 5.60. The maximum absolute atomic E-state index is 11.1. The van der Waals surface area contributed by atoms with Crippen molar-refractivity contribution in [1.29, 1.82) is 0 Å². The van der Waals surface area contributed by atoms with Gasteiger partial charge >= 0.3 is 6.16 Å². The van der Waals surface area contributed by atoms with Crippen LogP contribution in [0.5, 0.6) is 5.75 Å². The van der Waals surface area contributed by atoms with E-state index in [2.05, 4.69) is 4.89 Å². The Morgan fingerprint density at radius 1 is 1.06 bits per heavy atom. The normalized spacial score (nSPS) is 9.94. The van der Waals surface area contributed by atoms with Crippen LogP contribution in [0.3, 0.4) is 0 Å². The van der Waals surface area contributed by atoms with E-state index in [1.54, 1.807) is 45.0 Å². The Morgan fingerprint density at radius 3 is 2.06 bits per heavy atom. The Hall–Kier alpha value is -1.55. The summed E-state index contributed by atoms with van der Waals surface area (Å²) in [6, 6.07) is 8.64. The predicted octanol–water partition coefficient (Wildman–Crippen LogP) is 3.96. The van der Waals surface area contributed by atoms with E-state index in [0.717, 1.165) is 0 Å². The SMILES string of the molecule is CC.CC(C)(C)OOC(=O)Oc1ccccc1. The molecule has 0 fully saturated rings. The van der Waals surface area contributed by atoms with Crippen LogP contribution in [-0.4, -0.2) is 11.8 Å². The van der Waals surface area contributed by atoms with Gasteiger partial charge in [-0.25, -0.2) is 4.79 Å². The minimum absolute atomic E-state index is 0.417. The molecule has 4 heteroatoms. The zero-order valence-corrected chi connectivity index (χ0v) is 11.0. The second kappa shape index (κ2) is 7.68. The zero-order valence-electron chi connectivity index (χ0n) is 11.0. The first-order valence-electron chi connectivity index (χ1n) is 5.60. The highest BCUT2D eigenvalue weighted by Crippen LogP contribution is 2.11. The van der Waals surface area contributed by atoms with Crippen molar-refractivity contribution in [3.05, 3.63) is 30.3 Å². The molecule has 0 aliphatic heterocycles. The maximum atomic E-state index is 11.1. The minimum atomic E-state index is -0.879. The summed E-state index contributed by atoms with van der Waals surface area (Å²) >= 11 is 0. The highest BCUT2D eigenvalue weighted by Gasteiger charge is 2.16. The monoisotopic (exact) mass is 240 g/mol. The van der Waals surface area contributed by atoms with Gasteiger partial charge in [0.2, 0.25) is 0 Å². The molecule has 0 saturated heterocycles.